The molecular formula is C24H39N3O3. The zero-order chi connectivity index (χ0) is 22.8. The van der Waals surface area contributed by atoms with Gasteiger partial charge in [-0.1, -0.05) is 18.2 Å². The van der Waals surface area contributed by atoms with E-state index in [0.717, 1.165) is 49.4 Å². The third-order valence-electron chi connectivity index (χ3n) is 5.51. The molecule has 30 heavy (non-hydrogen) atoms. The molecule has 1 aliphatic heterocycles. The number of nitrogens with one attached hydrogen (secondary N) is 2. The van der Waals surface area contributed by atoms with Gasteiger partial charge in [0.1, 0.15) is 0 Å². The first-order chi connectivity index (χ1) is 14.1. The number of nitrogens with zero attached hydrogens (tertiary/aromatic N) is 1. The van der Waals surface area contributed by atoms with Crippen molar-refractivity contribution < 1.29 is 14.3 Å². The summed E-state index contributed by atoms with van der Waals surface area (Å²) in [6.45, 7) is 19.8. The maximum Gasteiger partial charge on any atom is 0.253 e. The quantitative estimate of drug-likeness (QED) is 0.442. The summed E-state index contributed by atoms with van der Waals surface area (Å²) in [4.78, 5) is 27.7. The summed E-state index contributed by atoms with van der Waals surface area (Å²) in [5.74, 6) is -0.413. The molecule has 1 fully saturated rings. The van der Waals surface area contributed by atoms with Crippen molar-refractivity contribution in [3.8, 4) is 0 Å². The third kappa shape index (κ3) is 7.17. The Morgan fingerprint density at radius 2 is 1.70 bits per heavy atom. The fraction of sp³-hybridized carbons (Fsp3) is 0.583. The lowest BCUT2D eigenvalue weighted by atomic mass is 10.0. The fourth-order valence-corrected chi connectivity index (χ4v) is 3.71. The van der Waals surface area contributed by atoms with E-state index in [1.165, 1.54) is 0 Å². The second-order valence-electron chi connectivity index (χ2n) is 7.94. The molecule has 2 amide bonds. The number of allylic oxidation sites excluding steroid dienone is 4. The number of hydrogen-bond donors (Lipinski definition) is 2. The predicted molar refractivity (Wildman–Crippen MR) is 123 cm³/mol. The number of hydrogen-bond acceptors (Lipinski definition) is 4. The van der Waals surface area contributed by atoms with Crippen molar-refractivity contribution in [2.45, 2.75) is 67.3 Å². The minimum absolute atomic E-state index is 0.168. The maximum absolute atomic E-state index is 13.0. The van der Waals surface area contributed by atoms with Crippen LogP contribution in [0, 0.1) is 0 Å². The highest BCUT2D eigenvalue weighted by Gasteiger charge is 2.23. The van der Waals surface area contributed by atoms with Gasteiger partial charge in [0.05, 0.1) is 0 Å². The van der Waals surface area contributed by atoms with Crippen molar-refractivity contribution in [2.75, 3.05) is 26.3 Å². The van der Waals surface area contributed by atoms with E-state index in [2.05, 4.69) is 36.0 Å². The van der Waals surface area contributed by atoms with Crippen LogP contribution in [-0.2, 0) is 14.3 Å². The zero-order valence-corrected chi connectivity index (χ0v) is 19.8. The molecule has 0 aromatic rings. The van der Waals surface area contributed by atoms with Crippen molar-refractivity contribution in [3.05, 3.63) is 46.3 Å². The Hall–Kier alpha value is -2.34. The van der Waals surface area contributed by atoms with E-state index in [4.69, 9.17) is 4.74 Å². The van der Waals surface area contributed by atoms with Gasteiger partial charge in [0, 0.05) is 54.9 Å². The summed E-state index contributed by atoms with van der Waals surface area (Å²) in [6.07, 6.45) is 3.83. The Labute approximate surface area is 182 Å². The van der Waals surface area contributed by atoms with Crippen molar-refractivity contribution in [1.29, 1.82) is 0 Å². The van der Waals surface area contributed by atoms with Gasteiger partial charge in [-0.05, 0) is 66.9 Å². The summed E-state index contributed by atoms with van der Waals surface area (Å²) >= 11 is 0. The van der Waals surface area contributed by atoms with Gasteiger partial charge in [-0.25, -0.2) is 0 Å². The van der Waals surface area contributed by atoms with Crippen molar-refractivity contribution in [2.24, 2.45) is 0 Å². The number of amides is 2. The molecule has 1 saturated heterocycles. The van der Waals surface area contributed by atoms with E-state index in [0.29, 0.717) is 22.9 Å². The molecule has 0 saturated carbocycles. The summed E-state index contributed by atoms with van der Waals surface area (Å²) in [6, 6.07) is 0.433. The van der Waals surface area contributed by atoms with Gasteiger partial charge >= 0.3 is 0 Å². The first-order valence-electron chi connectivity index (χ1n) is 10.7. The predicted octanol–water partition coefficient (Wildman–Crippen LogP) is 3.83. The molecule has 6 heteroatoms. The number of carbonyl (C=O) groups is 2. The summed E-state index contributed by atoms with van der Waals surface area (Å²) in [7, 11) is 0. The van der Waals surface area contributed by atoms with E-state index in [1.807, 2.05) is 33.8 Å². The van der Waals surface area contributed by atoms with E-state index in [-0.39, 0.29) is 18.4 Å². The van der Waals surface area contributed by atoms with Crippen LogP contribution in [0.3, 0.4) is 0 Å². The van der Waals surface area contributed by atoms with Crippen LogP contribution in [0.1, 0.15) is 61.3 Å². The Balaban J connectivity index is 2.97. The minimum atomic E-state index is -0.232. The number of rotatable bonds is 9. The standard InChI is InChI=1S/C24H39N3O3/c1-9-21(18(7)19(8)27(10-2)20-11-13-30-14-12-20)23(28)25-15-22(16(3)4)24(29)26-17(5)6/h9,20H,5,10-15H2,1-4,6-8H3,(H,25,28)(H,26,29). The Kier molecular flexibility index (Phi) is 10.6. The van der Waals surface area contributed by atoms with Crippen LogP contribution in [0.25, 0.3) is 0 Å². The fourth-order valence-electron chi connectivity index (χ4n) is 3.71. The molecule has 1 heterocycles. The molecule has 0 radical (unpaired) electrons. The molecule has 6 nitrogen and oxygen atoms in total. The highest BCUT2D eigenvalue weighted by molar-refractivity contribution is 6.00. The average Bonchev–Trinajstić information content (AvgIpc) is 2.69. The smallest absolute Gasteiger partial charge is 0.253 e. The normalized spacial score (nSPS) is 15.8. The monoisotopic (exact) mass is 417 g/mol. The Morgan fingerprint density at radius 3 is 2.17 bits per heavy atom. The van der Waals surface area contributed by atoms with Crippen LogP contribution >= 0.6 is 0 Å². The molecule has 0 aliphatic carbocycles. The lowest BCUT2D eigenvalue weighted by molar-refractivity contribution is -0.117. The van der Waals surface area contributed by atoms with Gasteiger partial charge in [-0.3, -0.25) is 9.59 Å². The molecule has 1 aliphatic rings. The van der Waals surface area contributed by atoms with E-state index >= 15 is 0 Å². The van der Waals surface area contributed by atoms with Crippen LogP contribution in [0.4, 0.5) is 0 Å². The molecule has 0 aromatic carbocycles. The topological polar surface area (TPSA) is 70.7 Å². The van der Waals surface area contributed by atoms with E-state index < -0.39 is 0 Å². The van der Waals surface area contributed by atoms with Gasteiger partial charge in [-0.15, -0.1) is 0 Å². The van der Waals surface area contributed by atoms with E-state index in [1.54, 1.807) is 6.92 Å². The molecule has 0 unspecified atom stereocenters. The number of carbonyl (C=O) groups excluding carboxylic acids is 2. The highest BCUT2D eigenvalue weighted by atomic mass is 16.5. The molecule has 168 valence electrons. The summed E-state index contributed by atoms with van der Waals surface area (Å²) < 4.78 is 5.50. The summed E-state index contributed by atoms with van der Waals surface area (Å²) in [5.41, 5.74) is 4.66. The highest BCUT2D eigenvalue weighted by Crippen LogP contribution is 2.24. The van der Waals surface area contributed by atoms with Gasteiger partial charge in [0.15, 0.2) is 0 Å². The summed E-state index contributed by atoms with van der Waals surface area (Å²) in [5, 5.41) is 5.62. The van der Waals surface area contributed by atoms with Crippen molar-refractivity contribution in [3.63, 3.8) is 0 Å². The largest absolute Gasteiger partial charge is 0.381 e. The van der Waals surface area contributed by atoms with E-state index in [9.17, 15) is 9.59 Å². The molecule has 0 bridgehead atoms. The van der Waals surface area contributed by atoms with Crippen LogP contribution in [0.15, 0.2) is 46.3 Å². The first kappa shape index (κ1) is 25.7. The average molecular weight is 418 g/mol. The molecular weight excluding hydrogens is 378 g/mol. The molecule has 0 aromatic heterocycles. The molecule has 2 N–H and O–H groups in total. The Morgan fingerprint density at radius 1 is 1.10 bits per heavy atom. The number of ether oxygens (including phenoxy) is 1. The third-order valence-corrected chi connectivity index (χ3v) is 5.51. The van der Waals surface area contributed by atoms with Gasteiger partial charge in [0.25, 0.3) is 11.8 Å². The second kappa shape index (κ2) is 12.4. The minimum Gasteiger partial charge on any atom is -0.381 e. The van der Waals surface area contributed by atoms with Crippen LogP contribution in [-0.4, -0.2) is 49.1 Å². The maximum atomic E-state index is 13.0. The second-order valence-corrected chi connectivity index (χ2v) is 7.94. The van der Waals surface area contributed by atoms with Gasteiger partial charge in [0.2, 0.25) is 0 Å². The van der Waals surface area contributed by atoms with Gasteiger partial charge < -0.3 is 20.3 Å². The zero-order valence-electron chi connectivity index (χ0n) is 19.8. The first-order valence-corrected chi connectivity index (χ1v) is 10.7. The van der Waals surface area contributed by atoms with Crippen LogP contribution in [0.5, 0.6) is 0 Å². The lowest BCUT2D eigenvalue weighted by Gasteiger charge is -2.37. The van der Waals surface area contributed by atoms with Gasteiger partial charge in [-0.2, -0.15) is 0 Å². The molecule has 0 atom stereocenters. The van der Waals surface area contributed by atoms with Crippen molar-refractivity contribution in [1.82, 2.24) is 15.5 Å². The lowest BCUT2D eigenvalue weighted by Crippen LogP contribution is -2.39. The van der Waals surface area contributed by atoms with Crippen molar-refractivity contribution >= 4 is 11.8 Å². The molecule has 1 rings (SSSR count). The van der Waals surface area contributed by atoms with Crippen LogP contribution < -0.4 is 10.6 Å². The Bertz CT molecular complexity index is 737. The molecule has 0 spiro atoms. The SMILES string of the molecule is C=C(C)NC(=O)C(CNC(=O)C(=CC)C(C)=C(C)N(CC)C1CCOCC1)=C(C)C. The van der Waals surface area contributed by atoms with Crippen LogP contribution in [0.2, 0.25) is 0 Å².